The van der Waals surface area contributed by atoms with Gasteiger partial charge in [-0.3, -0.25) is 0 Å². The van der Waals surface area contributed by atoms with Crippen molar-refractivity contribution in [2.45, 2.75) is 12.8 Å². The molecule has 3 aromatic rings. The molecule has 0 aliphatic rings. The molecular formula is C22H19NO4. The molecule has 4 N–H and O–H groups in total. The number of carboxylic acids is 2. The maximum absolute atomic E-state index is 11.8. The minimum Gasteiger partial charge on any atom is -0.478 e. The Morgan fingerprint density at radius 3 is 1.41 bits per heavy atom. The van der Waals surface area contributed by atoms with Crippen LogP contribution in [0.2, 0.25) is 0 Å². The highest BCUT2D eigenvalue weighted by molar-refractivity contribution is 6.04. The van der Waals surface area contributed by atoms with Gasteiger partial charge >= 0.3 is 11.9 Å². The maximum Gasteiger partial charge on any atom is 0.338 e. The molecule has 0 unspecified atom stereocenters. The number of anilines is 1. The van der Waals surface area contributed by atoms with Gasteiger partial charge in [-0.1, -0.05) is 66.7 Å². The molecule has 0 saturated carbocycles. The van der Waals surface area contributed by atoms with Crippen LogP contribution in [-0.2, 0) is 12.8 Å². The topological polar surface area (TPSA) is 101 Å². The van der Waals surface area contributed by atoms with E-state index in [-0.39, 0.29) is 16.8 Å². The number of carboxylic acid groups (broad SMARTS) is 2. The molecule has 0 fully saturated rings. The van der Waals surface area contributed by atoms with Gasteiger partial charge in [0.25, 0.3) is 0 Å². The Balaban J connectivity index is 2.16. The van der Waals surface area contributed by atoms with E-state index in [1.807, 2.05) is 60.7 Å². The van der Waals surface area contributed by atoms with E-state index in [0.717, 1.165) is 11.1 Å². The number of nitrogens with two attached hydrogens (primary N) is 1. The van der Waals surface area contributed by atoms with Gasteiger partial charge in [-0.25, -0.2) is 9.59 Å². The number of rotatable bonds is 6. The zero-order chi connectivity index (χ0) is 19.4. The molecule has 3 aromatic carbocycles. The van der Waals surface area contributed by atoms with Crippen molar-refractivity contribution in [3.05, 3.63) is 100 Å². The minimum absolute atomic E-state index is 0.145. The lowest BCUT2D eigenvalue weighted by Gasteiger charge is -2.16. The van der Waals surface area contributed by atoms with Crippen LogP contribution in [0.3, 0.4) is 0 Å². The van der Waals surface area contributed by atoms with E-state index in [9.17, 15) is 19.8 Å². The number of hydrogen-bond donors (Lipinski definition) is 3. The molecule has 0 heterocycles. The van der Waals surface area contributed by atoms with Gasteiger partial charge in [0.2, 0.25) is 0 Å². The van der Waals surface area contributed by atoms with Gasteiger partial charge in [-0.05, 0) is 35.1 Å². The maximum atomic E-state index is 11.8. The molecule has 0 radical (unpaired) electrons. The Labute approximate surface area is 156 Å². The van der Waals surface area contributed by atoms with Crippen LogP contribution in [-0.4, -0.2) is 22.2 Å². The van der Waals surface area contributed by atoms with Crippen molar-refractivity contribution in [1.82, 2.24) is 0 Å². The summed E-state index contributed by atoms with van der Waals surface area (Å²) in [6.45, 7) is 0. The number of aromatic carboxylic acids is 2. The van der Waals surface area contributed by atoms with E-state index in [4.69, 9.17) is 5.73 Å². The Morgan fingerprint density at radius 1 is 0.704 bits per heavy atom. The summed E-state index contributed by atoms with van der Waals surface area (Å²) in [5.41, 5.74) is 8.39. The molecule has 5 heteroatoms. The molecule has 5 nitrogen and oxygen atoms in total. The molecule has 3 rings (SSSR count). The first-order valence-corrected chi connectivity index (χ1v) is 8.46. The van der Waals surface area contributed by atoms with Crippen molar-refractivity contribution in [2.24, 2.45) is 0 Å². The average Bonchev–Trinajstić information content (AvgIpc) is 2.62. The van der Waals surface area contributed by atoms with Crippen molar-refractivity contribution in [2.75, 3.05) is 5.73 Å². The summed E-state index contributed by atoms with van der Waals surface area (Å²) in [4.78, 5) is 23.6. The van der Waals surface area contributed by atoms with E-state index >= 15 is 0 Å². The molecule has 136 valence electrons. The second-order valence-corrected chi connectivity index (χ2v) is 6.29. The molecule has 0 aliphatic heterocycles. The average molecular weight is 361 g/mol. The summed E-state index contributed by atoms with van der Waals surface area (Å²) in [5.74, 6) is -2.46. The van der Waals surface area contributed by atoms with Gasteiger partial charge < -0.3 is 15.9 Å². The largest absolute Gasteiger partial charge is 0.478 e. The molecular weight excluding hydrogens is 342 g/mol. The summed E-state index contributed by atoms with van der Waals surface area (Å²) in [6, 6.07) is 20.5. The predicted octanol–water partition coefficient (Wildman–Crippen LogP) is 3.85. The van der Waals surface area contributed by atoms with Gasteiger partial charge in [0.15, 0.2) is 0 Å². The fourth-order valence-electron chi connectivity index (χ4n) is 3.24. The number of carbonyl (C=O) groups is 2. The highest BCUT2D eigenvalue weighted by atomic mass is 16.4. The third kappa shape index (κ3) is 3.98. The van der Waals surface area contributed by atoms with Crippen molar-refractivity contribution < 1.29 is 19.8 Å². The van der Waals surface area contributed by atoms with Gasteiger partial charge in [-0.2, -0.15) is 0 Å². The van der Waals surface area contributed by atoms with Crippen LogP contribution in [0.5, 0.6) is 0 Å². The van der Waals surface area contributed by atoms with Crippen LogP contribution in [0.1, 0.15) is 43.0 Å². The van der Waals surface area contributed by atoms with E-state index in [2.05, 4.69) is 0 Å². The molecule has 0 aromatic heterocycles. The fraction of sp³-hybridized carbons (Fsp3) is 0.0909. The van der Waals surface area contributed by atoms with E-state index in [0.29, 0.717) is 24.0 Å². The smallest absolute Gasteiger partial charge is 0.338 e. The lowest BCUT2D eigenvalue weighted by molar-refractivity contribution is 0.0695. The van der Waals surface area contributed by atoms with E-state index in [1.165, 1.54) is 0 Å². The van der Waals surface area contributed by atoms with Crippen LogP contribution >= 0.6 is 0 Å². The van der Waals surface area contributed by atoms with Crippen molar-refractivity contribution in [1.29, 1.82) is 0 Å². The van der Waals surface area contributed by atoms with Crippen molar-refractivity contribution in [3.63, 3.8) is 0 Å². The summed E-state index contributed by atoms with van der Waals surface area (Å²) >= 11 is 0. The minimum atomic E-state index is -1.23. The lowest BCUT2D eigenvalue weighted by Crippen LogP contribution is -2.16. The Kier molecular flexibility index (Phi) is 5.22. The zero-order valence-electron chi connectivity index (χ0n) is 14.6. The summed E-state index contributed by atoms with van der Waals surface area (Å²) in [5, 5.41) is 19.3. The van der Waals surface area contributed by atoms with E-state index < -0.39 is 11.9 Å². The van der Waals surface area contributed by atoms with Gasteiger partial charge in [0, 0.05) is 0 Å². The molecule has 27 heavy (non-hydrogen) atoms. The highest BCUT2D eigenvalue weighted by Gasteiger charge is 2.24. The SMILES string of the molecule is Nc1c(C(=O)O)c(Cc2ccccc2)cc(Cc2ccccc2)c1C(=O)O. The monoisotopic (exact) mass is 361 g/mol. The van der Waals surface area contributed by atoms with Crippen LogP contribution in [0.25, 0.3) is 0 Å². The quantitative estimate of drug-likeness (QED) is 0.579. The summed E-state index contributed by atoms with van der Waals surface area (Å²) in [7, 11) is 0. The van der Waals surface area contributed by atoms with Crippen LogP contribution in [0, 0.1) is 0 Å². The highest BCUT2D eigenvalue weighted by Crippen LogP contribution is 2.29. The third-order valence-electron chi connectivity index (χ3n) is 4.43. The Morgan fingerprint density at radius 2 is 1.07 bits per heavy atom. The normalized spacial score (nSPS) is 10.5. The standard InChI is InChI=1S/C22H19NO4/c23-20-18(21(24)25)16(11-14-7-3-1-4-8-14)13-17(19(20)22(26)27)12-15-9-5-2-6-10-15/h1-10,13H,11-12,23H2,(H,24,25)(H,26,27). The van der Waals surface area contributed by atoms with Crippen LogP contribution < -0.4 is 5.73 Å². The van der Waals surface area contributed by atoms with Gasteiger partial charge in [-0.15, -0.1) is 0 Å². The van der Waals surface area contributed by atoms with Gasteiger partial charge in [0.1, 0.15) is 0 Å². The van der Waals surface area contributed by atoms with Crippen LogP contribution in [0.4, 0.5) is 5.69 Å². The first kappa shape index (κ1) is 18.2. The number of benzene rings is 3. The van der Waals surface area contributed by atoms with Crippen molar-refractivity contribution in [3.8, 4) is 0 Å². The lowest BCUT2D eigenvalue weighted by atomic mass is 9.89. The Hall–Kier alpha value is -3.60. The Bertz CT molecular complexity index is 904. The first-order valence-electron chi connectivity index (χ1n) is 8.46. The van der Waals surface area contributed by atoms with E-state index in [1.54, 1.807) is 6.07 Å². The second-order valence-electron chi connectivity index (χ2n) is 6.29. The predicted molar refractivity (Wildman–Crippen MR) is 103 cm³/mol. The zero-order valence-corrected chi connectivity index (χ0v) is 14.6. The molecule has 0 atom stereocenters. The molecule has 0 bridgehead atoms. The summed E-state index contributed by atoms with van der Waals surface area (Å²) in [6.07, 6.45) is 0.711. The molecule has 0 amide bonds. The first-order chi connectivity index (χ1) is 13.0. The fourth-order valence-corrected chi connectivity index (χ4v) is 3.24. The molecule has 0 saturated heterocycles. The van der Waals surface area contributed by atoms with Gasteiger partial charge in [0.05, 0.1) is 16.8 Å². The number of hydrogen-bond acceptors (Lipinski definition) is 3. The third-order valence-corrected chi connectivity index (χ3v) is 4.43. The van der Waals surface area contributed by atoms with Crippen molar-refractivity contribution >= 4 is 17.6 Å². The number of nitrogen functional groups attached to an aromatic ring is 1. The molecule has 0 spiro atoms. The van der Waals surface area contributed by atoms with Crippen LogP contribution in [0.15, 0.2) is 66.7 Å². The summed E-state index contributed by atoms with van der Waals surface area (Å²) < 4.78 is 0. The molecule has 0 aliphatic carbocycles. The second kappa shape index (κ2) is 7.74.